The van der Waals surface area contributed by atoms with Crippen LogP contribution in [0.4, 0.5) is 0 Å². The molecule has 0 aliphatic carbocycles. The smallest absolute Gasteiger partial charge is 0.0645 e. The SMILES string of the molecule is CC1(C)COCCN1CC1CNC1. The molecule has 2 rings (SSSR count). The highest BCUT2D eigenvalue weighted by molar-refractivity contribution is 4.88. The Balaban J connectivity index is 1.87. The van der Waals surface area contributed by atoms with Crippen molar-refractivity contribution < 1.29 is 4.74 Å². The van der Waals surface area contributed by atoms with E-state index in [9.17, 15) is 0 Å². The molecular formula is C10H20N2O. The summed E-state index contributed by atoms with van der Waals surface area (Å²) in [4.78, 5) is 2.57. The largest absolute Gasteiger partial charge is 0.378 e. The van der Waals surface area contributed by atoms with Crippen LogP contribution in [0.25, 0.3) is 0 Å². The topological polar surface area (TPSA) is 24.5 Å². The van der Waals surface area contributed by atoms with Crippen molar-refractivity contribution in [2.45, 2.75) is 19.4 Å². The van der Waals surface area contributed by atoms with Gasteiger partial charge in [0.2, 0.25) is 0 Å². The maximum atomic E-state index is 5.49. The van der Waals surface area contributed by atoms with Crippen molar-refractivity contribution in [3.05, 3.63) is 0 Å². The minimum atomic E-state index is 0.244. The number of rotatable bonds is 2. The summed E-state index contributed by atoms with van der Waals surface area (Å²) in [7, 11) is 0. The van der Waals surface area contributed by atoms with Crippen molar-refractivity contribution in [2.24, 2.45) is 5.92 Å². The van der Waals surface area contributed by atoms with E-state index < -0.39 is 0 Å². The molecule has 0 atom stereocenters. The van der Waals surface area contributed by atoms with Gasteiger partial charge in [-0.05, 0) is 19.8 Å². The van der Waals surface area contributed by atoms with Crippen molar-refractivity contribution in [3.8, 4) is 0 Å². The van der Waals surface area contributed by atoms with Crippen LogP contribution in [0.1, 0.15) is 13.8 Å². The number of nitrogens with zero attached hydrogens (tertiary/aromatic N) is 1. The maximum Gasteiger partial charge on any atom is 0.0645 e. The molecule has 1 N–H and O–H groups in total. The van der Waals surface area contributed by atoms with E-state index in [4.69, 9.17) is 4.74 Å². The summed E-state index contributed by atoms with van der Waals surface area (Å²) in [6, 6.07) is 0. The molecule has 3 heteroatoms. The highest BCUT2D eigenvalue weighted by atomic mass is 16.5. The molecule has 0 aromatic rings. The zero-order chi connectivity index (χ0) is 9.31. The van der Waals surface area contributed by atoms with Crippen LogP contribution in [0.2, 0.25) is 0 Å². The van der Waals surface area contributed by atoms with Gasteiger partial charge in [-0.1, -0.05) is 0 Å². The van der Waals surface area contributed by atoms with E-state index in [1.807, 2.05) is 0 Å². The molecule has 0 unspecified atom stereocenters. The number of hydrogen-bond donors (Lipinski definition) is 1. The molecule has 13 heavy (non-hydrogen) atoms. The van der Waals surface area contributed by atoms with Crippen LogP contribution >= 0.6 is 0 Å². The van der Waals surface area contributed by atoms with E-state index in [0.29, 0.717) is 0 Å². The van der Waals surface area contributed by atoms with Gasteiger partial charge in [0, 0.05) is 31.7 Å². The van der Waals surface area contributed by atoms with Crippen LogP contribution in [-0.4, -0.2) is 49.8 Å². The molecule has 0 spiro atoms. The lowest BCUT2D eigenvalue weighted by Crippen LogP contribution is -2.58. The third-order valence-corrected chi connectivity index (χ3v) is 3.16. The number of hydrogen-bond acceptors (Lipinski definition) is 3. The molecule has 0 aromatic heterocycles. The van der Waals surface area contributed by atoms with E-state index >= 15 is 0 Å². The van der Waals surface area contributed by atoms with Crippen molar-refractivity contribution in [1.82, 2.24) is 10.2 Å². The summed E-state index contributed by atoms with van der Waals surface area (Å²) >= 11 is 0. The monoisotopic (exact) mass is 184 g/mol. The Bertz CT molecular complexity index is 178. The molecule has 0 saturated carbocycles. The van der Waals surface area contributed by atoms with E-state index in [1.54, 1.807) is 0 Å². The molecule has 3 nitrogen and oxygen atoms in total. The van der Waals surface area contributed by atoms with Gasteiger partial charge in [-0.25, -0.2) is 0 Å². The first-order chi connectivity index (χ1) is 6.18. The summed E-state index contributed by atoms with van der Waals surface area (Å²) < 4.78 is 5.49. The Morgan fingerprint density at radius 1 is 1.46 bits per heavy atom. The lowest BCUT2D eigenvalue weighted by Gasteiger charge is -2.45. The van der Waals surface area contributed by atoms with Gasteiger partial charge in [0.05, 0.1) is 13.2 Å². The Morgan fingerprint density at radius 2 is 2.23 bits per heavy atom. The van der Waals surface area contributed by atoms with Gasteiger partial charge in [-0.15, -0.1) is 0 Å². The first kappa shape index (κ1) is 9.44. The minimum absolute atomic E-state index is 0.244. The fourth-order valence-electron chi connectivity index (χ4n) is 2.02. The zero-order valence-electron chi connectivity index (χ0n) is 8.68. The first-order valence-electron chi connectivity index (χ1n) is 5.22. The average molecular weight is 184 g/mol. The summed E-state index contributed by atoms with van der Waals surface area (Å²) in [6.45, 7) is 11.1. The van der Waals surface area contributed by atoms with Crippen molar-refractivity contribution >= 4 is 0 Å². The molecule has 2 heterocycles. The fraction of sp³-hybridized carbons (Fsp3) is 1.00. The van der Waals surface area contributed by atoms with Gasteiger partial charge in [0.15, 0.2) is 0 Å². The Kier molecular flexibility index (Phi) is 2.58. The fourth-order valence-corrected chi connectivity index (χ4v) is 2.02. The zero-order valence-corrected chi connectivity index (χ0v) is 8.68. The van der Waals surface area contributed by atoms with E-state index in [1.165, 1.54) is 19.6 Å². The van der Waals surface area contributed by atoms with Crippen LogP contribution in [0.3, 0.4) is 0 Å². The minimum Gasteiger partial charge on any atom is -0.378 e. The molecule has 0 bridgehead atoms. The Hall–Kier alpha value is -0.120. The number of nitrogens with one attached hydrogen (secondary N) is 1. The van der Waals surface area contributed by atoms with Crippen LogP contribution in [-0.2, 0) is 4.74 Å². The second-order valence-electron chi connectivity index (χ2n) is 4.84. The van der Waals surface area contributed by atoms with Gasteiger partial charge < -0.3 is 10.1 Å². The molecule has 2 fully saturated rings. The van der Waals surface area contributed by atoms with Crippen LogP contribution < -0.4 is 5.32 Å². The molecule has 2 aliphatic rings. The van der Waals surface area contributed by atoms with Gasteiger partial charge in [-0.3, -0.25) is 4.90 Å². The summed E-state index contributed by atoms with van der Waals surface area (Å²) in [5, 5.41) is 3.32. The molecule has 2 saturated heterocycles. The van der Waals surface area contributed by atoms with E-state index in [0.717, 1.165) is 25.7 Å². The van der Waals surface area contributed by atoms with Gasteiger partial charge in [0.1, 0.15) is 0 Å². The lowest BCUT2D eigenvalue weighted by atomic mass is 9.97. The first-order valence-corrected chi connectivity index (χ1v) is 5.22. The second-order valence-corrected chi connectivity index (χ2v) is 4.84. The predicted molar refractivity (Wildman–Crippen MR) is 52.8 cm³/mol. The molecule has 0 amide bonds. The van der Waals surface area contributed by atoms with Crippen LogP contribution in [0, 0.1) is 5.92 Å². The average Bonchev–Trinajstić information content (AvgIpc) is 1.98. The highest BCUT2D eigenvalue weighted by Crippen LogP contribution is 2.21. The van der Waals surface area contributed by atoms with Gasteiger partial charge in [0.25, 0.3) is 0 Å². The Morgan fingerprint density at radius 3 is 2.77 bits per heavy atom. The molecule has 2 aliphatic heterocycles. The van der Waals surface area contributed by atoms with E-state index in [-0.39, 0.29) is 5.54 Å². The third-order valence-electron chi connectivity index (χ3n) is 3.16. The standard InChI is InChI=1S/C10H20N2O/c1-10(2)8-13-4-3-12(10)7-9-5-11-6-9/h9,11H,3-8H2,1-2H3. The quantitative estimate of drug-likeness (QED) is 0.669. The predicted octanol–water partition coefficient (Wildman–Crippen LogP) is 0.317. The summed E-state index contributed by atoms with van der Waals surface area (Å²) in [5.74, 6) is 0.873. The van der Waals surface area contributed by atoms with Gasteiger partial charge in [-0.2, -0.15) is 0 Å². The molecule has 76 valence electrons. The van der Waals surface area contributed by atoms with E-state index in [2.05, 4.69) is 24.1 Å². The molecule has 0 aromatic carbocycles. The Labute approximate surface area is 80.4 Å². The number of morpholine rings is 1. The summed E-state index contributed by atoms with van der Waals surface area (Å²) in [6.07, 6.45) is 0. The maximum absolute atomic E-state index is 5.49. The van der Waals surface area contributed by atoms with Crippen molar-refractivity contribution in [3.63, 3.8) is 0 Å². The summed E-state index contributed by atoms with van der Waals surface area (Å²) in [5.41, 5.74) is 0.244. The number of ether oxygens (including phenoxy) is 1. The molecular weight excluding hydrogens is 164 g/mol. The van der Waals surface area contributed by atoms with Crippen LogP contribution in [0.5, 0.6) is 0 Å². The highest BCUT2D eigenvalue weighted by Gasteiger charge is 2.33. The normalized spacial score (nSPS) is 30.0. The van der Waals surface area contributed by atoms with Crippen molar-refractivity contribution in [1.29, 1.82) is 0 Å². The third kappa shape index (κ3) is 2.03. The van der Waals surface area contributed by atoms with Crippen LogP contribution in [0.15, 0.2) is 0 Å². The van der Waals surface area contributed by atoms with Gasteiger partial charge >= 0.3 is 0 Å². The second kappa shape index (κ2) is 3.56. The van der Waals surface area contributed by atoms with Crippen molar-refractivity contribution in [2.75, 3.05) is 39.4 Å². The molecule has 0 radical (unpaired) electrons. The lowest BCUT2D eigenvalue weighted by molar-refractivity contribution is -0.0598.